The molecule has 0 fully saturated rings. The summed E-state index contributed by atoms with van der Waals surface area (Å²) in [6, 6.07) is 4.46. The third-order valence-corrected chi connectivity index (χ3v) is 1.98. The first-order chi connectivity index (χ1) is 7.35. The Bertz CT molecular complexity index is 435. The largest absolute Gasteiger partial charge is 0.484 e. The van der Waals surface area contributed by atoms with Crippen LogP contribution in [0.5, 0.6) is 5.75 Å². The molecule has 0 heterocycles. The van der Waals surface area contributed by atoms with Gasteiger partial charge in [0.25, 0.3) is 0 Å². The summed E-state index contributed by atoms with van der Waals surface area (Å²) in [4.78, 5) is 0. The fraction of sp³-hybridized carbons (Fsp3) is 0.300. The summed E-state index contributed by atoms with van der Waals surface area (Å²) in [7, 11) is 0. The van der Waals surface area contributed by atoms with Gasteiger partial charge in [0.15, 0.2) is 6.61 Å². The predicted octanol–water partition coefficient (Wildman–Crippen LogP) is 2.39. The predicted molar refractivity (Wildman–Crippen MR) is 51.9 cm³/mol. The first kappa shape index (κ1) is 12.2. The highest BCUT2D eigenvalue weighted by atomic mass is 19.4. The molecule has 0 saturated heterocycles. The molecule has 6 heteroatoms. The van der Waals surface area contributed by atoms with E-state index in [1.807, 2.05) is 6.07 Å². The zero-order valence-corrected chi connectivity index (χ0v) is 8.43. The molecule has 0 spiro atoms. The van der Waals surface area contributed by atoms with E-state index in [0.29, 0.717) is 5.56 Å². The molecule has 1 rings (SSSR count). The van der Waals surface area contributed by atoms with Gasteiger partial charge in [-0.1, -0.05) is 0 Å². The van der Waals surface area contributed by atoms with Crippen molar-refractivity contribution >= 4 is 5.69 Å². The van der Waals surface area contributed by atoms with E-state index in [2.05, 4.69) is 4.74 Å². The van der Waals surface area contributed by atoms with Gasteiger partial charge in [-0.3, -0.25) is 0 Å². The summed E-state index contributed by atoms with van der Waals surface area (Å²) in [5.41, 5.74) is 6.25. The lowest BCUT2D eigenvalue weighted by Gasteiger charge is -2.13. The second-order valence-electron chi connectivity index (χ2n) is 3.17. The average molecular weight is 230 g/mol. The molecule has 86 valence electrons. The zero-order valence-electron chi connectivity index (χ0n) is 8.43. The van der Waals surface area contributed by atoms with E-state index in [0.717, 1.165) is 0 Å². The lowest BCUT2D eigenvalue weighted by Crippen LogP contribution is -2.19. The summed E-state index contributed by atoms with van der Waals surface area (Å²) in [5.74, 6) is 0.0359. The fourth-order valence-corrected chi connectivity index (χ4v) is 1.12. The number of nitrogens with zero attached hydrogens (tertiary/aromatic N) is 1. The van der Waals surface area contributed by atoms with E-state index >= 15 is 0 Å². The van der Waals surface area contributed by atoms with Gasteiger partial charge in [0.2, 0.25) is 0 Å². The fourth-order valence-electron chi connectivity index (χ4n) is 1.12. The third-order valence-electron chi connectivity index (χ3n) is 1.98. The Kier molecular flexibility index (Phi) is 3.28. The number of hydrogen-bond acceptors (Lipinski definition) is 3. The van der Waals surface area contributed by atoms with Gasteiger partial charge in [0.1, 0.15) is 11.8 Å². The molecule has 0 aromatic heterocycles. The lowest BCUT2D eigenvalue weighted by atomic mass is 10.1. The Labute approximate surface area is 90.2 Å². The molecule has 0 bridgehead atoms. The number of nitrogens with two attached hydrogens (primary N) is 1. The Morgan fingerprint density at radius 1 is 1.44 bits per heavy atom. The number of ether oxygens (including phenoxy) is 1. The molecule has 0 radical (unpaired) electrons. The van der Waals surface area contributed by atoms with E-state index < -0.39 is 12.8 Å². The Hall–Kier alpha value is -1.90. The smallest absolute Gasteiger partial charge is 0.422 e. The van der Waals surface area contributed by atoms with Crippen molar-refractivity contribution in [3.8, 4) is 11.8 Å². The molecule has 0 unspecified atom stereocenters. The van der Waals surface area contributed by atoms with Crippen molar-refractivity contribution in [3.05, 3.63) is 23.3 Å². The molecule has 2 N–H and O–H groups in total. The van der Waals surface area contributed by atoms with Crippen LogP contribution in [0.1, 0.15) is 11.1 Å². The van der Waals surface area contributed by atoms with Crippen LogP contribution in [0.25, 0.3) is 0 Å². The van der Waals surface area contributed by atoms with Crippen molar-refractivity contribution in [1.29, 1.82) is 5.26 Å². The van der Waals surface area contributed by atoms with Crippen molar-refractivity contribution in [2.45, 2.75) is 13.1 Å². The Morgan fingerprint density at radius 3 is 2.56 bits per heavy atom. The van der Waals surface area contributed by atoms with Gasteiger partial charge >= 0.3 is 6.18 Å². The number of rotatable bonds is 2. The minimum atomic E-state index is -4.39. The van der Waals surface area contributed by atoms with E-state index in [1.165, 1.54) is 19.1 Å². The average Bonchev–Trinajstić information content (AvgIpc) is 2.19. The SMILES string of the molecule is Cc1c(OCC(F)(F)F)ccc(C#N)c1N. The van der Waals surface area contributed by atoms with Gasteiger partial charge in [-0.2, -0.15) is 18.4 Å². The molecule has 0 aliphatic heterocycles. The van der Waals surface area contributed by atoms with Crippen LogP contribution in [0.3, 0.4) is 0 Å². The normalized spacial score (nSPS) is 10.9. The van der Waals surface area contributed by atoms with Crippen LogP contribution in [0.2, 0.25) is 0 Å². The van der Waals surface area contributed by atoms with Gasteiger partial charge in [0.05, 0.1) is 11.3 Å². The maximum Gasteiger partial charge on any atom is 0.422 e. The molecule has 0 amide bonds. The van der Waals surface area contributed by atoms with Crippen molar-refractivity contribution in [2.75, 3.05) is 12.3 Å². The maximum atomic E-state index is 11.9. The molecule has 3 nitrogen and oxygen atoms in total. The summed E-state index contributed by atoms with van der Waals surface area (Å²) >= 11 is 0. The molecule has 0 aliphatic rings. The molecule has 0 saturated carbocycles. The molecule has 0 atom stereocenters. The topological polar surface area (TPSA) is 59.0 Å². The van der Waals surface area contributed by atoms with E-state index in [-0.39, 0.29) is 17.0 Å². The number of nitrogen functional groups attached to an aromatic ring is 1. The third kappa shape index (κ3) is 2.79. The van der Waals surface area contributed by atoms with Gasteiger partial charge < -0.3 is 10.5 Å². The van der Waals surface area contributed by atoms with Crippen LogP contribution in [-0.2, 0) is 0 Å². The Morgan fingerprint density at radius 2 is 2.06 bits per heavy atom. The lowest BCUT2D eigenvalue weighted by molar-refractivity contribution is -0.153. The van der Waals surface area contributed by atoms with E-state index in [1.54, 1.807) is 0 Å². The summed E-state index contributed by atoms with van der Waals surface area (Å²) in [5, 5.41) is 8.64. The summed E-state index contributed by atoms with van der Waals surface area (Å²) < 4.78 is 40.3. The first-order valence-electron chi connectivity index (χ1n) is 4.34. The van der Waals surface area contributed by atoms with Crippen molar-refractivity contribution < 1.29 is 17.9 Å². The maximum absolute atomic E-state index is 11.9. The van der Waals surface area contributed by atoms with Gasteiger partial charge in [-0.05, 0) is 19.1 Å². The van der Waals surface area contributed by atoms with E-state index in [9.17, 15) is 13.2 Å². The Balaban J connectivity index is 2.92. The molecule has 1 aromatic rings. The molecular formula is C10H9F3N2O. The molecule has 16 heavy (non-hydrogen) atoms. The van der Waals surface area contributed by atoms with Crippen LogP contribution in [0.15, 0.2) is 12.1 Å². The minimum absolute atomic E-state index is 0.0359. The highest BCUT2D eigenvalue weighted by Crippen LogP contribution is 2.28. The highest BCUT2D eigenvalue weighted by Gasteiger charge is 2.28. The van der Waals surface area contributed by atoms with Crippen molar-refractivity contribution in [3.63, 3.8) is 0 Å². The quantitative estimate of drug-likeness (QED) is 0.793. The molecule has 0 aliphatic carbocycles. The van der Waals surface area contributed by atoms with Crippen molar-refractivity contribution in [1.82, 2.24) is 0 Å². The number of alkyl halides is 3. The molecular weight excluding hydrogens is 221 g/mol. The van der Waals surface area contributed by atoms with Crippen LogP contribution >= 0.6 is 0 Å². The second kappa shape index (κ2) is 4.31. The van der Waals surface area contributed by atoms with Gasteiger partial charge in [-0.25, -0.2) is 0 Å². The van der Waals surface area contributed by atoms with Crippen LogP contribution < -0.4 is 10.5 Å². The second-order valence-corrected chi connectivity index (χ2v) is 3.17. The number of nitriles is 1. The minimum Gasteiger partial charge on any atom is -0.484 e. The van der Waals surface area contributed by atoms with E-state index in [4.69, 9.17) is 11.0 Å². The summed E-state index contributed by atoms with van der Waals surface area (Å²) in [6.45, 7) is 0.126. The highest BCUT2D eigenvalue weighted by molar-refractivity contribution is 5.63. The standard InChI is InChI=1S/C10H9F3N2O/c1-6-8(16-5-10(11,12)13)3-2-7(4-14)9(6)15/h2-3H,5,15H2,1H3. The number of benzene rings is 1. The zero-order chi connectivity index (χ0) is 12.3. The van der Waals surface area contributed by atoms with Gasteiger partial charge in [-0.15, -0.1) is 0 Å². The number of anilines is 1. The number of halogens is 3. The van der Waals surface area contributed by atoms with Crippen LogP contribution in [-0.4, -0.2) is 12.8 Å². The van der Waals surface area contributed by atoms with Crippen molar-refractivity contribution in [2.24, 2.45) is 0 Å². The number of hydrogen-bond donors (Lipinski definition) is 1. The van der Waals surface area contributed by atoms with Crippen LogP contribution in [0.4, 0.5) is 18.9 Å². The molecule has 1 aromatic carbocycles. The first-order valence-corrected chi connectivity index (χ1v) is 4.34. The van der Waals surface area contributed by atoms with Gasteiger partial charge in [0, 0.05) is 5.56 Å². The van der Waals surface area contributed by atoms with Crippen LogP contribution in [0, 0.1) is 18.3 Å². The summed E-state index contributed by atoms with van der Waals surface area (Å²) in [6.07, 6.45) is -4.39. The monoisotopic (exact) mass is 230 g/mol.